The van der Waals surface area contributed by atoms with Gasteiger partial charge in [-0.3, -0.25) is 4.79 Å². The van der Waals surface area contributed by atoms with E-state index in [0.29, 0.717) is 36.3 Å². The minimum absolute atomic E-state index is 0.0415. The van der Waals surface area contributed by atoms with Crippen molar-refractivity contribution in [2.45, 2.75) is 38.8 Å². The monoisotopic (exact) mass is 548 g/mol. The van der Waals surface area contributed by atoms with Gasteiger partial charge in [0.1, 0.15) is 12.1 Å². The number of piperidine rings is 1. The van der Waals surface area contributed by atoms with Crippen LogP contribution < -0.4 is 15.1 Å². The van der Waals surface area contributed by atoms with Crippen LogP contribution >= 0.6 is 0 Å². The van der Waals surface area contributed by atoms with Crippen LogP contribution in [0.5, 0.6) is 0 Å². The van der Waals surface area contributed by atoms with Crippen LogP contribution in [-0.4, -0.2) is 67.3 Å². The van der Waals surface area contributed by atoms with Crippen molar-refractivity contribution in [3.8, 4) is 12.1 Å². The lowest BCUT2D eigenvalue weighted by atomic mass is 9.99. The normalized spacial score (nSPS) is 17.6. The number of carbonyl (C=O) groups excluding carboxylic acids is 1. The number of hydrogen-bond acceptors (Lipinski definition) is 7. The first-order valence-corrected chi connectivity index (χ1v) is 14.2. The molecule has 2 fully saturated rings. The summed E-state index contributed by atoms with van der Waals surface area (Å²) < 4.78 is 0. The van der Waals surface area contributed by atoms with E-state index in [-0.39, 0.29) is 24.6 Å². The number of anilines is 3. The molecule has 0 unspecified atom stereocenters. The first kappa shape index (κ1) is 28.0. The lowest BCUT2D eigenvalue weighted by molar-refractivity contribution is 0.0698. The maximum Gasteiger partial charge on any atom is 0.254 e. The van der Waals surface area contributed by atoms with Gasteiger partial charge in [0.15, 0.2) is 0 Å². The molecule has 1 amide bonds. The van der Waals surface area contributed by atoms with Gasteiger partial charge in [0.25, 0.3) is 5.91 Å². The van der Waals surface area contributed by atoms with Crippen molar-refractivity contribution >= 4 is 23.0 Å². The Kier molecular flexibility index (Phi) is 8.42. The predicted molar refractivity (Wildman–Crippen MR) is 161 cm³/mol. The largest absolute Gasteiger partial charge is 0.394 e. The summed E-state index contributed by atoms with van der Waals surface area (Å²) in [4.78, 5) is 19.9. The van der Waals surface area contributed by atoms with Gasteiger partial charge in [-0.1, -0.05) is 30.3 Å². The minimum atomic E-state index is -0.290. The van der Waals surface area contributed by atoms with Gasteiger partial charge in [-0.25, -0.2) is 0 Å². The molecular weight excluding hydrogens is 512 g/mol. The summed E-state index contributed by atoms with van der Waals surface area (Å²) in [5, 5.41) is 32.9. The van der Waals surface area contributed by atoms with Crippen LogP contribution in [0.25, 0.3) is 0 Å². The van der Waals surface area contributed by atoms with Gasteiger partial charge < -0.3 is 25.1 Å². The molecule has 8 heteroatoms. The summed E-state index contributed by atoms with van der Waals surface area (Å²) >= 11 is 0. The molecule has 2 heterocycles. The van der Waals surface area contributed by atoms with Crippen molar-refractivity contribution in [3.63, 3.8) is 0 Å². The van der Waals surface area contributed by atoms with E-state index in [2.05, 4.69) is 35.3 Å². The van der Waals surface area contributed by atoms with Gasteiger partial charge in [-0.05, 0) is 68.1 Å². The number of aryl methyl sites for hydroxylation is 2. The molecule has 8 nitrogen and oxygen atoms in total. The Hall–Kier alpha value is -4.53. The van der Waals surface area contributed by atoms with Crippen molar-refractivity contribution in [2.75, 3.05) is 54.4 Å². The Balaban J connectivity index is 1.27. The zero-order chi connectivity index (χ0) is 28.9. The molecule has 0 bridgehead atoms. The second-order valence-corrected chi connectivity index (χ2v) is 10.9. The van der Waals surface area contributed by atoms with Gasteiger partial charge in [-0.15, -0.1) is 0 Å². The van der Waals surface area contributed by atoms with Crippen LogP contribution in [0.4, 0.5) is 17.1 Å². The lowest BCUT2D eigenvalue weighted by Crippen LogP contribution is -2.56. The first-order valence-electron chi connectivity index (χ1n) is 14.2. The van der Waals surface area contributed by atoms with E-state index in [1.165, 1.54) is 0 Å². The summed E-state index contributed by atoms with van der Waals surface area (Å²) in [7, 11) is 0. The number of hydrogen-bond donors (Lipinski definition) is 2. The molecule has 0 radical (unpaired) electrons. The quantitative estimate of drug-likeness (QED) is 0.469. The fraction of sp³-hybridized carbons (Fsp3) is 0.364. The zero-order valence-electron chi connectivity index (χ0n) is 23.7. The molecule has 2 aliphatic heterocycles. The van der Waals surface area contributed by atoms with Crippen LogP contribution in [0.2, 0.25) is 0 Å². The second kappa shape index (κ2) is 12.3. The summed E-state index contributed by atoms with van der Waals surface area (Å²) in [5.41, 5.74) is 6.72. The standard InChI is InChI=1S/C33H36N6O2/c1-23-17-24(2)30(36-27-11-13-37(14-12-27)31-9-5-3-7-25(31)19-34)18-29(23)33(41)38-15-16-39(28(21-38)22-40)32-10-6-4-8-26(32)20-35/h3-10,17-18,27-28,36,40H,11-16,21-22H2,1-2H3/t28-/m1/s1. The number of nitrogens with zero attached hydrogens (tertiary/aromatic N) is 5. The third kappa shape index (κ3) is 5.84. The highest BCUT2D eigenvalue weighted by Crippen LogP contribution is 2.29. The predicted octanol–water partition coefficient (Wildman–Crippen LogP) is 4.45. The van der Waals surface area contributed by atoms with E-state index in [0.717, 1.165) is 54.1 Å². The highest BCUT2D eigenvalue weighted by molar-refractivity contribution is 5.97. The minimum Gasteiger partial charge on any atom is -0.394 e. The first-order chi connectivity index (χ1) is 19.9. The molecule has 210 valence electrons. The number of nitriles is 2. The second-order valence-electron chi connectivity index (χ2n) is 10.9. The highest BCUT2D eigenvalue weighted by atomic mass is 16.3. The molecule has 2 aliphatic rings. The number of aliphatic hydroxyl groups excluding tert-OH is 1. The van der Waals surface area contributed by atoms with Crippen molar-refractivity contribution in [1.82, 2.24) is 4.90 Å². The average molecular weight is 549 g/mol. The maximum absolute atomic E-state index is 13.8. The molecular formula is C33H36N6O2. The van der Waals surface area contributed by atoms with Crippen LogP contribution in [0, 0.1) is 36.5 Å². The molecule has 2 N–H and O–H groups in total. The van der Waals surface area contributed by atoms with Crippen molar-refractivity contribution in [3.05, 3.63) is 88.5 Å². The third-order valence-corrected chi connectivity index (χ3v) is 8.34. The smallest absolute Gasteiger partial charge is 0.254 e. The number of aliphatic hydroxyl groups is 1. The molecule has 3 aromatic rings. The van der Waals surface area contributed by atoms with Crippen LogP contribution in [0.15, 0.2) is 60.7 Å². The average Bonchev–Trinajstić information content (AvgIpc) is 3.02. The summed E-state index contributed by atoms with van der Waals surface area (Å²) in [6, 6.07) is 23.7. The fourth-order valence-corrected chi connectivity index (χ4v) is 6.07. The molecule has 0 aliphatic carbocycles. The van der Waals surface area contributed by atoms with Gasteiger partial charge in [0, 0.05) is 50.0 Å². The van der Waals surface area contributed by atoms with Crippen molar-refractivity contribution in [1.29, 1.82) is 10.5 Å². The molecule has 2 saturated heterocycles. The summed E-state index contributed by atoms with van der Waals surface area (Å²) in [5.74, 6) is -0.0415. The Morgan fingerprint density at radius 1 is 0.902 bits per heavy atom. The SMILES string of the molecule is Cc1cc(C)c(C(=O)N2CCN(c3ccccc3C#N)[C@@H](CO)C2)cc1NC1CCN(c2ccccc2C#N)CC1. The van der Waals surface area contributed by atoms with Crippen molar-refractivity contribution in [2.24, 2.45) is 0 Å². The van der Waals surface area contributed by atoms with E-state index in [1.54, 1.807) is 6.07 Å². The van der Waals surface area contributed by atoms with E-state index in [4.69, 9.17) is 0 Å². The number of piperazine rings is 1. The Morgan fingerprint density at radius 2 is 1.54 bits per heavy atom. The summed E-state index contributed by atoms with van der Waals surface area (Å²) in [6.07, 6.45) is 1.86. The third-order valence-electron chi connectivity index (χ3n) is 8.34. The lowest BCUT2D eigenvalue weighted by Gasteiger charge is -2.42. The number of para-hydroxylation sites is 2. The highest BCUT2D eigenvalue weighted by Gasteiger charge is 2.32. The molecule has 1 atom stereocenters. The van der Waals surface area contributed by atoms with Crippen LogP contribution in [-0.2, 0) is 0 Å². The van der Waals surface area contributed by atoms with Crippen molar-refractivity contribution < 1.29 is 9.90 Å². The van der Waals surface area contributed by atoms with Gasteiger partial charge in [0.2, 0.25) is 0 Å². The summed E-state index contributed by atoms with van der Waals surface area (Å²) in [6.45, 7) is 7.07. The molecule has 0 spiro atoms. The topological polar surface area (TPSA) is 107 Å². The van der Waals surface area contributed by atoms with E-state index < -0.39 is 0 Å². The van der Waals surface area contributed by atoms with E-state index in [1.807, 2.05) is 65.3 Å². The zero-order valence-corrected chi connectivity index (χ0v) is 23.7. The molecule has 3 aromatic carbocycles. The van der Waals surface area contributed by atoms with Gasteiger partial charge >= 0.3 is 0 Å². The van der Waals surface area contributed by atoms with Crippen LogP contribution in [0.3, 0.4) is 0 Å². The maximum atomic E-state index is 13.8. The Morgan fingerprint density at radius 3 is 2.20 bits per heavy atom. The molecule has 0 aromatic heterocycles. The number of benzene rings is 3. The van der Waals surface area contributed by atoms with E-state index in [9.17, 15) is 20.4 Å². The molecule has 41 heavy (non-hydrogen) atoms. The number of amides is 1. The Bertz CT molecular complexity index is 1500. The van der Waals surface area contributed by atoms with Gasteiger partial charge in [0.05, 0.1) is 35.2 Å². The Labute approximate surface area is 242 Å². The fourth-order valence-electron chi connectivity index (χ4n) is 6.07. The number of nitrogens with one attached hydrogen (secondary N) is 1. The molecule has 0 saturated carbocycles. The van der Waals surface area contributed by atoms with Gasteiger partial charge in [-0.2, -0.15) is 10.5 Å². The van der Waals surface area contributed by atoms with E-state index >= 15 is 0 Å². The number of rotatable bonds is 6. The van der Waals surface area contributed by atoms with Crippen LogP contribution in [0.1, 0.15) is 45.5 Å². The molecule has 5 rings (SSSR count). The number of carbonyl (C=O) groups is 1.